The molecule has 3 aromatic rings. The fraction of sp³-hybridized carbons (Fsp3) is 0.0952. The van der Waals surface area contributed by atoms with Crippen LogP contribution in [0.5, 0.6) is 0 Å². The number of amides is 3. The Morgan fingerprint density at radius 1 is 0.967 bits per heavy atom. The summed E-state index contributed by atoms with van der Waals surface area (Å²) in [5.41, 5.74) is 1.11. The number of para-hydroxylation sites is 2. The zero-order valence-corrected chi connectivity index (χ0v) is 15.8. The highest BCUT2D eigenvalue weighted by Gasteiger charge is 2.30. The van der Waals surface area contributed by atoms with Crippen molar-refractivity contribution in [2.24, 2.45) is 4.99 Å². The molecule has 0 fully saturated rings. The highest BCUT2D eigenvalue weighted by molar-refractivity contribution is 6.36. The van der Waals surface area contributed by atoms with Crippen LogP contribution in [-0.4, -0.2) is 40.8 Å². The van der Waals surface area contributed by atoms with Crippen LogP contribution >= 0.6 is 0 Å². The van der Waals surface area contributed by atoms with Crippen LogP contribution in [0, 0.1) is 0 Å². The lowest BCUT2D eigenvalue weighted by atomic mass is 10.2. The molecule has 148 valence electrons. The number of anilines is 2. The number of fused-ring (bicyclic) bond motifs is 1. The van der Waals surface area contributed by atoms with Gasteiger partial charge in [0.2, 0.25) is 11.3 Å². The fourth-order valence-electron chi connectivity index (χ4n) is 3.01. The summed E-state index contributed by atoms with van der Waals surface area (Å²) in [7, 11) is 0. The lowest BCUT2D eigenvalue weighted by molar-refractivity contribution is -0.138. The van der Waals surface area contributed by atoms with Crippen molar-refractivity contribution in [1.82, 2.24) is 19.9 Å². The van der Waals surface area contributed by atoms with E-state index in [2.05, 4.69) is 25.6 Å². The van der Waals surface area contributed by atoms with E-state index < -0.39 is 11.8 Å². The second-order valence-corrected chi connectivity index (χ2v) is 6.40. The molecular weight excluding hydrogens is 384 g/mol. The van der Waals surface area contributed by atoms with Gasteiger partial charge in [-0.15, -0.1) is 4.58 Å². The Hall–Kier alpha value is -4.27. The first-order valence-corrected chi connectivity index (χ1v) is 9.21. The van der Waals surface area contributed by atoms with E-state index in [1.807, 2.05) is 0 Å². The molecule has 2 N–H and O–H groups in total. The summed E-state index contributed by atoms with van der Waals surface area (Å²) < 4.78 is 1.33. The van der Waals surface area contributed by atoms with Crippen LogP contribution in [0.2, 0.25) is 0 Å². The van der Waals surface area contributed by atoms with Crippen LogP contribution in [0.15, 0.2) is 72.0 Å². The van der Waals surface area contributed by atoms with E-state index in [4.69, 9.17) is 0 Å². The molecule has 0 unspecified atom stereocenters. The predicted octanol–water partition coefficient (Wildman–Crippen LogP) is -0.172. The van der Waals surface area contributed by atoms with Gasteiger partial charge in [-0.25, -0.2) is 14.8 Å². The first-order chi connectivity index (χ1) is 14.6. The SMILES string of the molecule is O=C1N=c2ccccc2=[N+](CCNC(=O)c2cccc(Nc3ncccn3)c2)C1=O. The number of hydrogen-bond donors (Lipinski definition) is 2. The van der Waals surface area contributed by atoms with E-state index in [9.17, 15) is 14.4 Å². The van der Waals surface area contributed by atoms with Gasteiger partial charge in [0, 0.05) is 29.7 Å². The highest BCUT2D eigenvalue weighted by atomic mass is 16.2. The van der Waals surface area contributed by atoms with Crippen molar-refractivity contribution in [3.05, 3.63) is 83.3 Å². The molecular formula is C21H17N6O3+. The number of hydrogen-bond acceptors (Lipinski definition) is 6. The third kappa shape index (κ3) is 4.09. The van der Waals surface area contributed by atoms with Crippen molar-refractivity contribution in [2.45, 2.75) is 0 Å². The van der Waals surface area contributed by atoms with Crippen molar-refractivity contribution in [3.63, 3.8) is 0 Å². The van der Waals surface area contributed by atoms with Crippen LogP contribution < -0.4 is 25.9 Å². The molecule has 0 radical (unpaired) electrons. The molecule has 0 atom stereocenters. The molecule has 0 bridgehead atoms. The smallest absolute Gasteiger partial charge is 0.346 e. The van der Waals surface area contributed by atoms with Crippen molar-refractivity contribution >= 4 is 29.4 Å². The maximum Gasteiger partial charge on any atom is 0.480 e. The van der Waals surface area contributed by atoms with Crippen LogP contribution in [0.1, 0.15) is 10.4 Å². The molecule has 2 heterocycles. The molecule has 9 nitrogen and oxygen atoms in total. The van der Waals surface area contributed by atoms with Crippen molar-refractivity contribution in [3.8, 4) is 0 Å². The first kappa shape index (κ1) is 19.1. The molecule has 30 heavy (non-hydrogen) atoms. The van der Waals surface area contributed by atoms with Gasteiger partial charge in [0.1, 0.15) is 5.36 Å². The van der Waals surface area contributed by atoms with E-state index in [1.165, 1.54) is 4.58 Å². The Morgan fingerprint density at radius 2 is 1.77 bits per heavy atom. The zero-order chi connectivity index (χ0) is 20.9. The zero-order valence-electron chi connectivity index (χ0n) is 15.8. The molecule has 9 heteroatoms. The maximum absolute atomic E-state index is 12.5. The highest BCUT2D eigenvalue weighted by Crippen LogP contribution is 2.14. The minimum absolute atomic E-state index is 0.151. The summed E-state index contributed by atoms with van der Waals surface area (Å²) >= 11 is 0. The molecule has 1 aliphatic rings. The number of nitrogens with zero attached hydrogens (tertiary/aromatic N) is 4. The number of benzene rings is 2. The van der Waals surface area contributed by atoms with Gasteiger partial charge < -0.3 is 10.6 Å². The van der Waals surface area contributed by atoms with E-state index in [-0.39, 0.29) is 19.0 Å². The van der Waals surface area contributed by atoms with Gasteiger partial charge in [0.25, 0.3) is 5.91 Å². The van der Waals surface area contributed by atoms with Gasteiger partial charge in [-0.2, -0.15) is 4.99 Å². The first-order valence-electron chi connectivity index (χ1n) is 9.21. The van der Waals surface area contributed by atoms with Crippen LogP contribution in [-0.2, 0) is 9.59 Å². The van der Waals surface area contributed by atoms with Gasteiger partial charge >= 0.3 is 11.8 Å². The summed E-state index contributed by atoms with van der Waals surface area (Å²) in [5.74, 6) is -1.41. The predicted molar refractivity (Wildman–Crippen MR) is 107 cm³/mol. The topological polar surface area (TPSA) is 116 Å². The number of nitrogens with one attached hydrogen (secondary N) is 2. The van der Waals surface area contributed by atoms with Crippen molar-refractivity contribution in [2.75, 3.05) is 18.4 Å². The van der Waals surface area contributed by atoms with E-state index in [0.717, 1.165) is 0 Å². The molecule has 1 aromatic heterocycles. The van der Waals surface area contributed by atoms with Crippen LogP contribution in [0.4, 0.5) is 11.6 Å². The normalized spacial score (nSPS) is 12.7. The molecule has 0 spiro atoms. The lowest BCUT2D eigenvalue weighted by Gasteiger charge is -2.08. The molecule has 1 aliphatic heterocycles. The third-order valence-corrected chi connectivity index (χ3v) is 4.39. The molecule has 0 saturated heterocycles. The Morgan fingerprint density at radius 3 is 2.60 bits per heavy atom. The minimum atomic E-state index is -0.818. The number of aromatic nitrogens is 2. The Balaban J connectivity index is 1.44. The van der Waals surface area contributed by atoms with Gasteiger partial charge in [0.05, 0.1) is 6.54 Å². The van der Waals surface area contributed by atoms with Crippen LogP contribution in [0.25, 0.3) is 0 Å². The van der Waals surface area contributed by atoms with Crippen LogP contribution in [0.3, 0.4) is 0 Å². The lowest BCUT2D eigenvalue weighted by Crippen LogP contribution is -2.52. The quantitative estimate of drug-likeness (QED) is 0.438. The largest absolute Gasteiger partial charge is 0.480 e. The number of carbonyl (C=O) groups is 3. The second kappa shape index (κ2) is 8.39. The fourth-order valence-corrected chi connectivity index (χ4v) is 3.01. The monoisotopic (exact) mass is 401 g/mol. The average Bonchev–Trinajstić information content (AvgIpc) is 2.77. The summed E-state index contributed by atoms with van der Waals surface area (Å²) in [6, 6.07) is 15.5. The van der Waals surface area contributed by atoms with Gasteiger partial charge in [0.15, 0.2) is 6.54 Å². The second-order valence-electron chi connectivity index (χ2n) is 6.40. The minimum Gasteiger partial charge on any atom is -0.346 e. The average molecular weight is 401 g/mol. The Labute approximate surface area is 170 Å². The Bertz CT molecular complexity index is 1260. The van der Waals surface area contributed by atoms with E-state index >= 15 is 0 Å². The summed E-state index contributed by atoms with van der Waals surface area (Å²) in [6.45, 7) is 0.324. The maximum atomic E-state index is 12.5. The Kier molecular flexibility index (Phi) is 5.33. The number of carbonyl (C=O) groups excluding carboxylic acids is 3. The third-order valence-electron chi connectivity index (χ3n) is 4.39. The van der Waals surface area contributed by atoms with Crippen molar-refractivity contribution in [1.29, 1.82) is 0 Å². The van der Waals surface area contributed by atoms with E-state index in [0.29, 0.717) is 27.9 Å². The molecule has 3 amide bonds. The number of rotatable bonds is 6. The summed E-state index contributed by atoms with van der Waals surface area (Å²) in [4.78, 5) is 48.5. The molecule has 2 aromatic carbocycles. The van der Waals surface area contributed by atoms with Gasteiger partial charge in [-0.1, -0.05) is 18.2 Å². The standard InChI is InChI=1S/C21H16N6O3/c28-18(14-5-3-6-15(13-14)25-21-23-9-4-10-24-21)22-11-12-27-17-8-2-1-7-16(17)26-19(29)20(27)30/h1-10,13H,11-12H2,(H-,22,23,24,25,28)/p+1. The van der Waals surface area contributed by atoms with Crippen molar-refractivity contribution < 1.29 is 14.4 Å². The molecule has 4 rings (SSSR count). The molecule has 0 aliphatic carbocycles. The van der Waals surface area contributed by atoms with E-state index in [1.54, 1.807) is 67.0 Å². The summed E-state index contributed by atoms with van der Waals surface area (Å²) in [6.07, 6.45) is 3.23. The van der Waals surface area contributed by atoms with Gasteiger partial charge in [-0.05, 0) is 30.3 Å². The molecule has 0 saturated carbocycles. The van der Waals surface area contributed by atoms with Gasteiger partial charge in [-0.3, -0.25) is 9.59 Å². The summed E-state index contributed by atoms with van der Waals surface area (Å²) in [5, 5.41) is 6.78.